The first-order chi connectivity index (χ1) is 17.5. The fourth-order valence-corrected chi connectivity index (χ4v) is 4.81. The van der Waals surface area contributed by atoms with Gasteiger partial charge in [-0.1, -0.05) is 32.4 Å². The fraction of sp³-hybridized carbons (Fsp3) is 0.462. The molecule has 37 heavy (non-hydrogen) atoms. The van der Waals surface area contributed by atoms with Crippen LogP contribution in [-0.2, 0) is 26.2 Å². The molecule has 7 nitrogen and oxygen atoms in total. The van der Waals surface area contributed by atoms with Gasteiger partial charge in [-0.3, -0.25) is 13.9 Å². The SMILES string of the molecule is CCCCNC(=O)[C@@H](CC)N(Cc1ccc(F)cc1)C(=O)CCCN(c1ccc(F)c(F)c1)S(C)(=O)=O. The molecule has 0 heterocycles. The number of halogens is 3. The van der Waals surface area contributed by atoms with Crippen LogP contribution < -0.4 is 9.62 Å². The molecular formula is C26H34F3N3O4S. The highest BCUT2D eigenvalue weighted by molar-refractivity contribution is 7.92. The Balaban J connectivity index is 2.20. The number of amides is 2. The smallest absolute Gasteiger partial charge is 0.242 e. The van der Waals surface area contributed by atoms with Crippen molar-refractivity contribution in [2.24, 2.45) is 0 Å². The van der Waals surface area contributed by atoms with E-state index in [0.29, 0.717) is 18.5 Å². The zero-order valence-corrected chi connectivity index (χ0v) is 22.2. The second-order valence-electron chi connectivity index (χ2n) is 8.75. The van der Waals surface area contributed by atoms with Crippen molar-refractivity contribution in [3.8, 4) is 0 Å². The van der Waals surface area contributed by atoms with Crippen LogP contribution in [0.3, 0.4) is 0 Å². The Morgan fingerprint density at radius 3 is 2.22 bits per heavy atom. The van der Waals surface area contributed by atoms with Crippen LogP contribution in [0.15, 0.2) is 42.5 Å². The molecule has 0 radical (unpaired) electrons. The van der Waals surface area contributed by atoms with Gasteiger partial charge in [-0.25, -0.2) is 21.6 Å². The highest BCUT2D eigenvalue weighted by atomic mass is 32.2. The first-order valence-electron chi connectivity index (χ1n) is 12.2. The molecule has 0 spiro atoms. The molecule has 1 atom stereocenters. The molecule has 11 heteroatoms. The number of unbranched alkanes of at least 4 members (excludes halogenated alkanes) is 1. The van der Waals surface area contributed by atoms with Crippen molar-refractivity contribution in [1.82, 2.24) is 10.2 Å². The average molecular weight is 542 g/mol. The van der Waals surface area contributed by atoms with Gasteiger partial charge in [0.05, 0.1) is 11.9 Å². The van der Waals surface area contributed by atoms with Crippen LogP contribution >= 0.6 is 0 Å². The standard InChI is InChI=1S/C26H34F3N3O4S/c1-4-6-15-30-26(34)24(5-2)31(18-19-9-11-20(27)12-10-19)25(33)8-7-16-32(37(3,35)36)21-13-14-22(28)23(29)17-21/h9-14,17,24H,4-8,15-16,18H2,1-3H3,(H,30,34)/t24-/m1/s1. The summed E-state index contributed by atoms with van der Waals surface area (Å²) in [6.07, 6.45) is 2.93. The summed E-state index contributed by atoms with van der Waals surface area (Å²) in [7, 11) is -3.85. The van der Waals surface area contributed by atoms with Crippen LogP contribution in [0.1, 0.15) is 51.5 Å². The lowest BCUT2D eigenvalue weighted by molar-refractivity contribution is -0.141. The maximum Gasteiger partial charge on any atom is 0.242 e. The van der Waals surface area contributed by atoms with Crippen LogP contribution in [0.4, 0.5) is 18.9 Å². The summed E-state index contributed by atoms with van der Waals surface area (Å²) in [5.74, 6) is -3.41. The van der Waals surface area contributed by atoms with Crippen LogP contribution in [0.2, 0.25) is 0 Å². The molecule has 0 aromatic heterocycles. The molecule has 0 bridgehead atoms. The number of carbonyl (C=O) groups is 2. The van der Waals surface area contributed by atoms with Crippen LogP contribution in [0, 0.1) is 17.5 Å². The van der Waals surface area contributed by atoms with Gasteiger partial charge in [0.1, 0.15) is 11.9 Å². The van der Waals surface area contributed by atoms with Crippen molar-refractivity contribution in [2.75, 3.05) is 23.7 Å². The Kier molecular flexibility index (Phi) is 11.4. The third-order valence-electron chi connectivity index (χ3n) is 5.82. The zero-order valence-electron chi connectivity index (χ0n) is 21.3. The lowest BCUT2D eigenvalue weighted by Gasteiger charge is -2.31. The first-order valence-corrected chi connectivity index (χ1v) is 14.1. The van der Waals surface area contributed by atoms with Gasteiger partial charge in [0, 0.05) is 32.1 Å². The largest absolute Gasteiger partial charge is 0.354 e. The van der Waals surface area contributed by atoms with Gasteiger partial charge in [-0.05, 0) is 49.1 Å². The third kappa shape index (κ3) is 9.07. The van der Waals surface area contributed by atoms with Gasteiger partial charge in [0.25, 0.3) is 0 Å². The van der Waals surface area contributed by atoms with Crippen molar-refractivity contribution < 1.29 is 31.2 Å². The number of sulfonamides is 1. The molecule has 2 aromatic carbocycles. The third-order valence-corrected chi connectivity index (χ3v) is 7.02. The van der Waals surface area contributed by atoms with Crippen molar-refractivity contribution in [3.05, 3.63) is 65.5 Å². The lowest BCUT2D eigenvalue weighted by Crippen LogP contribution is -2.49. The topological polar surface area (TPSA) is 86.8 Å². The predicted octanol–water partition coefficient (Wildman–Crippen LogP) is 4.37. The highest BCUT2D eigenvalue weighted by Crippen LogP contribution is 2.22. The van der Waals surface area contributed by atoms with Crippen molar-refractivity contribution in [2.45, 2.75) is 58.5 Å². The molecule has 1 N–H and O–H groups in total. The van der Waals surface area contributed by atoms with Crippen LogP contribution in [-0.4, -0.2) is 50.5 Å². The molecule has 0 fully saturated rings. The molecule has 0 saturated carbocycles. The van der Waals surface area contributed by atoms with E-state index in [0.717, 1.165) is 41.6 Å². The maximum absolute atomic E-state index is 13.7. The summed E-state index contributed by atoms with van der Waals surface area (Å²) < 4.78 is 66.0. The molecule has 2 rings (SSSR count). The van der Waals surface area contributed by atoms with E-state index in [9.17, 15) is 31.2 Å². The van der Waals surface area contributed by atoms with E-state index in [4.69, 9.17) is 0 Å². The Hall–Kier alpha value is -3.08. The van der Waals surface area contributed by atoms with E-state index in [1.807, 2.05) is 6.92 Å². The van der Waals surface area contributed by atoms with Gasteiger partial charge in [0.2, 0.25) is 21.8 Å². The number of nitrogens with zero attached hydrogens (tertiary/aromatic N) is 2. The van der Waals surface area contributed by atoms with E-state index in [-0.39, 0.29) is 43.4 Å². The highest BCUT2D eigenvalue weighted by Gasteiger charge is 2.29. The van der Waals surface area contributed by atoms with E-state index < -0.39 is 33.5 Å². The summed E-state index contributed by atoms with van der Waals surface area (Å²) in [5, 5.41) is 2.84. The quantitative estimate of drug-likeness (QED) is 0.360. The molecule has 0 aliphatic carbocycles. The molecule has 2 amide bonds. The molecule has 0 unspecified atom stereocenters. The summed E-state index contributed by atoms with van der Waals surface area (Å²) in [5.41, 5.74) is 0.577. The Bertz CT molecular complexity index is 1160. The van der Waals surface area contributed by atoms with Crippen molar-refractivity contribution in [3.63, 3.8) is 0 Å². The molecule has 0 aliphatic rings. The number of nitrogens with one attached hydrogen (secondary N) is 1. The Labute approximate surface area is 216 Å². The summed E-state index contributed by atoms with van der Waals surface area (Å²) in [6.45, 7) is 4.16. The molecule has 204 valence electrons. The van der Waals surface area contributed by atoms with Crippen LogP contribution in [0.5, 0.6) is 0 Å². The van der Waals surface area contributed by atoms with Gasteiger partial charge in [-0.15, -0.1) is 0 Å². The summed E-state index contributed by atoms with van der Waals surface area (Å²) in [4.78, 5) is 27.6. The first kappa shape index (κ1) is 30.1. The second-order valence-corrected chi connectivity index (χ2v) is 10.7. The number of carbonyl (C=O) groups excluding carboxylic acids is 2. The van der Waals surface area contributed by atoms with E-state index in [1.54, 1.807) is 6.92 Å². The summed E-state index contributed by atoms with van der Waals surface area (Å²) in [6, 6.07) is 7.60. The Morgan fingerprint density at radius 1 is 0.973 bits per heavy atom. The second kappa shape index (κ2) is 14.0. The number of hydrogen-bond acceptors (Lipinski definition) is 4. The molecule has 2 aromatic rings. The van der Waals surface area contributed by atoms with Crippen LogP contribution in [0.25, 0.3) is 0 Å². The predicted molar refractivity (Wildman–Crippen MR) is 137 cm³/mol. The van der Waals surface area contributed by atoms with E-state index in [1.165, 1.54) is 29.2 Å². The van der Waals surface area contributed by atoms with Gasteiger partial charge in [0.15, 0.2) is 11.6 Å². The Morgan fingerprint density at radius 2 is 1.65 bits per heavy atom. The lowest BCUT2D eigenvalue weighted by atomic mass is 10.1. The zero-order chi connectivity index (χ0) is 27.6. The minimum atomic E-state index is -3.85. The van der Waals surface area contributed by atoms with Gasteiger partial charge < -0.3 is 10.2 Å². The number of benzene rings is 2. The number of hydrogen-bond donors (Lipinski definition) is 1. The molecule has 0 aliphatic heterocycles. The number of anilines is 1. The van der Waals surface area contributed by atoms with E-state index >= 15 is 0 Å². The van der Waals surface area contributed by atoms with Crippen molar-refractivity contribution >= 4 is 27.5 Å². The fourth-order valence-electron chi connectivity index (χ4n) is 3.86. The minimum absolute atomic E-state index is 0.0567. The normalized spacial score (nSPS) is 12.2. The van der Waals surface area contributed by atoms with Gasteiger partial charge >= 0.3 is 0 Å². The van der Waals surface area contributed by atoms with Gasteiger partial charge in [-0.2, -0.15) is 0 Å². The average Bonchev–Trinajstić information content (AvgIpc) is 2.84. The summed E-state index contributed by atoms with van der Waals surface area (Å²) >= 11 is 0. The van der Waals surface area contributed by atoms with Crippen molar-refractivity contribution in [1.29, 1.82) is 0 Å². The maximum atomic E-state index is 13.7. The monoisotopic (exact) mass is 541 g/mol. The molecular weight excluding hydrogens is 507 g/mol. The minimum Gasteiger partial charge on any atom is -0.354 e. The number of rotatable bonds is 14. The van der Waals surface area contributed by atoms with E-state index in [2.05, 4.69) is 5.32 Å². The molecule has 0 saturated heterocycles.